The van der Waals surface area contributed by atoms with Gasteiger partial charge in [-0.2, -0.15) is 9.40 Å². The molecule has 7 nitrogen and oxygen atoms in total. The lowest BCUT2D eigenvalue weighted by atomic mass is 10.3. The number of rotatable bonds is 9. The third-order valence-electron chi connectivity index (χ3n) is 3.02. The van der Waals surface area contributed by atoms with Gasteiger partial charge in [0.2, 0.25) is 0 Å². The normalized spacial score (nSPS) is 12.2. The zero-order chi connectivity index (χ0) is 15.2. The standard InChI is InChI=1S/C12H24N4O3S/c1-5-16(7-8-19-6-2)20(17,18)12-11(9-13-4)10(3)14-15-12/h13H,5-9H2,1-4H3,(H,14,15). The van der Waals surface area contributed by atoms with Gasteiger partial charge in [-0.3, -0.25) is 5.10 Å². The maximum Gasteiger partial charge on any atom is 0.262 e. The Hall–Kier alpha value is -0.960. The number of ether oxygens (including phenoxy) is 1. The SMILES string of the molecule is CCOCCN(CC)S(=O)(=O)c1n[nH]c(C)c1CNC. The third-order valence-corrected chi connectivity index (χ3v) is 4.96. The molecule has 0 amide bonds. The topological polar surface area (TPSA) is 87.3 Å². The molecule has 0 saturated heterocycles. The highest BCUT2D eigenvalue weighted by Gasteiger charge is 2.29. The molecule has 1 aromatic rings. The van der Waals surface area contributed by atoms with E-state index in [4.69, 9.17) is 4.74 Å². The number of aromatic amines is 1. The Labute approximate surface area is 120 Å². The van der Waals surface area contributed by atoms with Gasteiger partial charge in [-0.1, -0.05) is 6.92 Å². The number of nitrogens with zero attached hydrogens (tertiary/aromatic N) is 2. The minimum Gasteiger partial charge on any atom is -0.380 e. The van der Waals surface area contributed by atoms with Gasteiger partial charge in [0.05, 0.1) is 6.61 Å². The highest BCUT2D eigenvalue weighted by molar-refractivity contribution is 7.89. The summed E-state index contributed by atoms with van der Waals surface area (Å²) >= 11 is 0. The number of aromatic nitrogens is 2. The first-order chi connectivity index (χ1) is 9.48. The molecule has 1 aromatic heterocycles. The van der Waals surface area contributed by atoms with Crippen molar-refractivity contribution in [3.63, 3.8) is 0 Å². The van der Waals surface area contributed by atoms with Crippen LogP contribution in [-0.2, 0) is 21.3 Å². The molecule has 0 saturated carbocycles. The average molecular weight is 304 g/mol. The first-order valence-corrected chi connectivity index (χ1v) is 8.19. The first-order valence-electron chi connectivity index (χ1n) is 6.75. The lowest BCUT2D eigenvalue weighted by molar-refractivity contribution is 0.135. The quantitative estimate of drug-likeness (QED) is 0.648. The summed E-state index contributed by atoms with van der Waals surface area (Å²) in [5.74, 6) is 0. The van der Waals surface area contributed by atoms with Gasteiger partial charge in [0.1, 0.15) is 0 Å². The minimum absolute atomic E-state index is 0.0997. The summed E-state index contributed by atoms with van der Waals surface area (Å²) in [6.45, 7) is 7.64. The molecule has 0 aliphatic heterocycles. The number of hydrogen-bond donors (Lipinski definition) is 2. The van der Waals surface area contributed by atoms with Crippen molar-refractivity contribution in [3.8, 4) is 0 Å². The van der Waals surface area contributed by atoms with Crippen molar-refractivity contribution in [2.75, 3.05) is 33.4 Å². The Kier molecular flexibility index (Phi) is 6.60. The fourth-order valence-electron chi connectivity index (χ4n) is 1.91. The lowest BCUT2D eigenvalue weighted by Crippen LogP contribution is -2.35. The maximum absolute atomic E-state index is 12.6. The van der Waals surface area contributed by atoms with Crippen LogP contribution in [-0.4, -0.2) is 56.3 Å². The second kappa shape index (κ2) is 7.72. The van der Waals surface area contributed by atoms with Crippen molar-refractivity contribution in [1.29, 1.82) is 0 Å². The number of nitrogens with one attached hydrogen (secondary N) is 2. The van der Waals surface area contributed by atoms with Gasteiger partial charge in [-0.15, -0.1) is 0 Å². The van der Waals surface area contributed by atoms with Crippen LogP contribution in [0, 0.1) is 6.92 Å². The summed E-state index contributed by atoms with van der Waals surface area (Å²) in [6, 6.07) is 0. The summed E-state index contributed by atoms with van der Waals surface area (Å²) < 4.78 is 31.9. The van der Waals surface area contributed by atoms with E-state index in [9.17, 15) is 8.42 Å². The Morgan fingerprint density at radius 2 is 2.10 bits per heavy atom. The summed E-state index contributed by atoms with van der Waals surface area (Å²) in [4.78, 5) is 0. The molecule has 0 spiro atoms. The van der Waals surface area contributed by atoms with E-state index in [1.165, 1.54) is 4.31 Å². The van der Waals surface area contributed by atoms with E-state index < -0.39 is 10.0 Å². The minimum atomic E-state index is -3.59. The van der Waals surface area contributed by atoms with E-state index in [0.717, 1.165) is 5.69 Å². The fourth-order valence-corrected chi connectivity index (χ4v) is 3.51. The fraction of sp³-hybridized carbons (Fsp3) is 0.750. The van der Waals surface area contributed by atoms with E-state index in [2.05, 4.69) is 15.5 Å². The van der Waals surface area contributed by atoms with Gasteiger partial charge in [0, 0.05) is 37.5 Å². The van der Waals surface area contributed by atoms with Crippen molar-refractivity contribution < 1.29 is 13.2 Å². The van der Waals surface area contributed by atoms with Crippen LogP contribution in [0.1, 0.15) is 25.1 Å². The monoisotopic (exact) mass is 304 g/mol. The van der Waals surface area contributed by atoms with Crippen LogP contribution in [0.15, 0.2) is 5.03 Å². The van der Waals surface area contributed by atoms with Crippen LogP contribution in [0.2, 0.25) is 0 Å². The average Bonchev–Trinajstić information content (AvgIpc) is 2.77. The number of sulfonamides is 1. The second-order valence-corrected chi connectivity index (χ2v) is 6.21. The van der Waals surface area contributed by atoms with Gasteiger partial charge in [-0.05, 0) is 20.9 Å². The summed E-state index contributed by atoms with van der Waals surface area (Å²) in [5, 5.41) is 9.78. The second-order valence-electron chi connectivity index (χ2n) is 4.36. The molecule has 1 rings (SSSR count). The first kappa shape index (κ1) is 17.1. The largest absolute Gasteiger partial charge is 0.380 e. The highest BCUT2D eigenvalue weighted by Crippen LogP contribution is 2.20. The predicted molar refractivity (Wildman–Crippen MR) is 77.0 cm³/mol. The van der Waals surface area contributed by atoms with E-state index >= 15 is 0 Å². The van der Waals surface area contributed by atoms with E-state index in [1.807, 2.05) is 13.8 Å². The molecular weight excluding hydrogens is 280 g/mol. The molecule has 0 aliphatic carbocycles. The molecule has 0 aliphatic rings. The molecule has 116 valence electrons. The third kappa shape index (κ3) is 3.78. The van der Waals surface area contributed by atoms with E-state index in [-0.39, 0.29) is 5.03 Å². The molecule has 0 radical (unpaired) electrons. The van der Waals surface area contributed by atoms with Gasteiger partial charge in [-0.25, -0.2) is 8.42 Å². The van der Waals surface area contributed by atoms with Crippen LogP contribution in [0.5, 0.6) is 0 Å². The molecule has 0 atom stereocenters. The molecule has 0 bridgehead atoms. The van der Waals surface area contributed by atoms with Crippen molar-refractivity contribution in [3.05, 3.63) is 11.3 Å². The van der Waals surface area contributed by atoms with E-state index in [1.54, 1.807) is 14.0 Å². The molecule has 8 heteroatoms. The molecular formula is C12H24N4O3S. The smallest absolute Gasteiger partial charge is 0.262 e. The van der Waals surface area contributed by atoms with Gasteiger partial charge < -0.3 is 10.1 Å². The maximum atomic E-state index is 12.6. The molecule has 2 N–H and O–H groups in total. The van der Waals surface area contributed by atoms with Crippen LogP contribution >= 0.6 is 0 Å². The zero-order valence-electron chi connectivity index (χ0n) is 12.6. The van der Waals surface area contributed by atoms with E-state index in [0.29, 0.717) is 38.4 Å². The predicted octanol–water partition coefficient (Wildman–Crippen LogP) is 0.485. The molecule has 0 aromatic carbocycles. The number of likely N-dealkylation sites (N-methyl/N-ethyl adjacent to an activating group) is 1. The Morgan fingerprint density at radius 1 is 1.40 bits per heavy atom. The number of aryl methyl sites for hydroxylation is 1. The Bertz CT molecular complexity index is 513. The van der Waals surface area contributed by atoms with Crippen molar-refractivity contribution in [2.45, 2.75) is 32.3 Å². The van der Waals surface area contributed by atoms with Crippen molar-refractivity contribution in [1.82, 2.24) is 19.8 Å². The van der Waals surface area contributed by atoms with Gasteiger partial charge in [0.15, 0.2) is 5.03 Å². The molecule has 1 heterocycles. The summed E-state index contributed by atoms with van der Waals surface area (Å²) in [6.07, 6.45) is 0. The van der Waals surface area contributed by atoms with Crippen LogP contribution in [0.4, 0.5) is 0 Å². The summed E-state index contributed by atoms with van der Waals surface area (Å²) in [5.41, 5.74) is 1.45. The van der Waals surface area contributed by atoms with Gasteiger partial charge in [0.25, 0.3) is 10.0 Å². The highest BCUT2D eigenvalue weighted by atomic mass is 32.2. The van der Waals surface area contributed by atoms with Crippen molar-refractivity contribution in [2.24, 2.45) is 0 Å². The molecule has 20 heavy (non-hydrogen) atoms. The lowest BCUT2D eigenvalue weighted by Gasteiger charge is -2.19. The number of hydrogen-bond acceptors (Lipinski definition) is 5. The molecule has 0 fully saturated rings. The van der Waals surface area contributed by atoms with Crippen LogP contribution in [0.25, 0.3) is 0 Å². The number of H-pyrrole nitrogens is 1. The summed E-state index contributed by atoms with van der Waals surface area (Å²) in [7, 11) is -1.82. The zero-order valence-corrected chi connectivity index (χ0v) is 13.4. The van der Waals surface area contributed by atoms with Crippen LogP contribution in [0.3, 0.4) is 0 Å². The van der Waals surface area contributed by atoms with Crippen molar-refractivity contribution >= 4 is 10.0 Å². The van der Waals surface area contributed by atoms with Crippen LogP contribution < -0.4 is 5.32 Å². The molecule has 0 unspecified atom stereocenters. The Morgan fingerprint density at radius 3 is 2.65 bits per heavy atom. The Balaban J connectivity index is 3.01. The van der Waals surface area contributed by atoms with Gasteiger partial charge >= 0.3 is 0 Å².